The van der Waals surface area contributed by atoms with Gasteiger partial charge in [-0.05, 0) is 24.6 Å². The zero-order valence-electron chi connectivity index (χ0n) is 12.2. The maximum absolute atomic E-state index is 12.2. The van der Waals surface area contributed by atoms with Crippen LogP contribution in [-0.2, 0) is 4.79 Å². The zero-order valence-corrected chi connectivity index (χ0v) is 12.2. The number of nitrogens with one attached hydrogen (secondary N) is 2. The third-order valence-corrected chi connectivity index (χ3v) is 3.51. The van der Waals surface area contributed by atoms with Crippen LogP contribution in [0.25, 0.3) is 10.9 Å². The second-order valence-electron chi connectivity index (χ2n) is 5.23. The van der Waals surface area contributed by atoms with Crippen LogP contribution in [0.1, 0.15) is 16.8 Å². The van der Waals surface area contributed by atoms with Gasteiger partial charge in [-0.15, -0.1) is 13.2 Å². The Balaban J connectivity index is 1.79. The molecule has 0 bridgehead atoms. The van der Waals surface area contributed by atoms with Gasteiger partial charge in [0.2, 0.25) is 5.91 Å². The molecule has 0 radical (unpaired) electrons. The summed E-state index contributed by atoms with van der Waals surface area (Å²) >= 11 is 0. The second-order valence-corrected chi connectivity index (χ2v) is 5.23. The van der Waals surface area contributed by atoms with Crippen molar-refractivity contribution in [1.29, 1.82) is 0 Å². The SMILES string of the molecule is O=C(N[C@H]1CCNC1=O)c1cnc2cc(OC(F)(F)F)ccc2c1. The lowest BCUT2D eigenvalue weighted by atomic mass is 10.1. The molecule has 0 spiro atoms. The van der Waals surface area contributed by atoms with Gasteiger partial charge in [0, 0.05) is 24.2 Å². The number of nitrogens with zero attached hydrogens (tertiary/aromatic N) is 1. The average Bonchev–Trinajstić information content (AvgIpc) is 2.90. The van der Waals surface area contributed by atoms with Crippen molar-refractivity contribution in [1.82, 2.24) is 15.6 Å². The van der Waals surface area contributed by atoms with E-state index in [1.807, 2.05) is 0 Å². The molecule has 126 valence electrons. The number of alkyl halides is 3. The first kappa shape index (κ1) is 16.0. The summed E-state index contributed by atoms with van der Waals surface area (Å²) in [5, 5.41) is 5.67. The molecule has 2 amide bonds. The monoisotopic (exact) mass is 339 g/mol. The zero-order chi connectivity index (χ0) is 17.3. The summed E-state index contributed by atoms with van der Waals surface area (Å²) < 4.78 is 40.4. The lowest BCUT2D eigenvalue weighted by Crippen LogP contribution is -2.40. The van der Waals surface area contributed by atoms with Crippen LogP contribution in [-0.4, -0.2) is 35.7 Å². The van der Waals surface area contributed by atoms with E-state index in [9.17, 15) is 22.8 Å². The highest BCUT2D eigenvalue weighted by Gasteiger charge is 2.31. The second kappa shape index (κ2) is 5.99. The van der Waals surface area contributed by atoms with E-state index < -0.39 is 18.3 Å². The number of ether oxygens (including phenoxy) is 1. The normalized spacial score (nSPS) is 17.6. The van der Waals surface area contributed by atoms with Crippen LogP contribution in [0, 0.1) is 0 Å². The Labute approximate surface area is 134 Å². The minimum atomic E-state index is -4.78. The molecule has 1 saturated heterocycles. The van der Waals surface area contributed by atoms with E-state index in [0.29, 0.717) is 18.4 Å². The van der Waals surface area contributed by atoms with Crippen LogP contribution in [0.3, 0.4) is 0 Å². The molecule has 3 rings (SSSR count). The van der Waals surface area contributed by atoms with Gasteiger partial charge in [-0.25, -0.2) is 0 Å². The molecule has 9 heteroatoms. The van der Waals surface area contributed by atoms with Crippen molar-refractivity contribution in [3.8, 4) is 5.75 Å². The summed E-state index contributed by atoms with van der Waals surface area (Å²) in [5.74, 6) is -1.10. The van der Waals surface area contributed by atoms with Gasteiger partial charge in [-0.3, -0.25) is 14.6 Å². The molecule has 1 aliphatic heterocycles. The Morgan fingerprint density at radius 1 is 1.33 bits per heavy atom. The van der Waals surface area contributed by atoms with Crippen molar-refractivity contribution >= 4 is 22.7 Å². The minimum Gasteiger partial charge on any atom is -0.406 e. The number of hydrogen-bond donors (Lipinski definition) is 2. The molecular weight excluding hydrogens is 327 g/mol. The number of pyridine rings is 1. The van der Waals surface area contributed by atoms with E-state index >= 15 is 0 Å². The number of fused-ring (bicyclic) bond motifs is 1. The molecule has 1 atom stereocenters. The molecule has 2 N–H and O–H groups in total. The maximum atomic E-state index is 12.2. The predicted octanol–water partition coefficient (Wildman–Crippen LogP) is 1.75. The molecular formula is C15H12F3N3O3. The molecule has 0 aliphatic carbocycles. The summed E-state index contributed by atoms with van der Waals surface area (Å²) in [7, 11) is 0. The van der Waals surface area contributed by atoms with Crippen molar-refractivity contribution in [3.63, 3.8) is 0 Å². The van der Waals surface area contributed by atoms with E-state index in [1.165, 1.54) is 18.3 Å². The third-order valence-electron chi connectivity index (χ3n) is 3.51. The molecule has 6 nitrogen and oxygen atoms in total. The minimum absolute atomic E-state index is 0.215. The summed E-state index contributed by atoms with van der Waals surface area (Å²) in [4.78, 5) is 27.6. The Hall–Kier alpha value is -2.84. The number of halogens is 3. The average molecular weight is 339 g/mol. The molecule has 0 saturated carbocycles. The Morgan fingerprint density at radius 2 is 2.12 bits per heavy atom. The molecule has 24 heavy (non-hydrogen) atoms. The van der Waals surface area contributed by atoms with Crippen LogP contribution in [0.2, 0.25) is 0 Å². The van der Waals surface area contributed by atoms with Crippen molar-refractivity contribution in [3.05, 3.63) is 36.0 Å². The van der Waals surface area contributed by atoms with Gasteiger partial charge >= 0.3 is 6.36 Å². The van der Waals surface area contributed by atoms with Crippen LogP contribution < -0.4 is 15.4 Å². The van der Waals surface area contributed by atoms with E-state index in [-0.39, 0.29) is 22.7 Å². The van der Waals surface area contributed by atoms with Crippen molar-refractivity contribution in [2.24, 2.45) is 0 Å². The Bertz CT molecular complexity index is 807. The molecule has 1 aromatic carbocycles. The van der Waals surface area contributed by atoms with Crippen molar-refractivity contribution in [2.45, 2.75) is 18.8 Å². The van der Waals surface area contributed by atoms with E-state index in [0.717, 1.165) is 12.1 Å². The number of carbonyl (C=O) groups excluding carboxylic acids is 2. The van der Waals surface area contributed by atoms with E-state index in [4.69, 9.17) is 0 Å². The van der Waals surface area contributed by atoms with Crippen LogP contribution in [0.5, 0.6) is 5.75 Å². The molecule has 1 fully saturated rings. The van der Waals surface area contributed by atoms with Gasteiger partial charge in [-0.1, -0.05) is 0 Å². The van der Waals surface area contributed by atoms with E-state index in [1.54, 1.807) is 0 Å². The molecule has 1 aromatic heterocycles. The highest BCUT2D eigenvalue weighted by atomic mass is 19.4. The van der Waals surface area contributed by atoms with Gasteiger partial charge < -0.3 is 15.4 Å². The maximum Gasteiger partial charge on any atom is 0.573 e. The highest BCUT2D eigenvalue weighted by Crippen LogP contribution is 2.26. The number of rotatable bonds is 3. The first-order chi connectivity index (χ1) is 11.3. The van der Waals surface area contributed by atoms with Gasteiger partial charge in [0.25, 0.3) is 5.91 Å². The van der Waals surface area contributed by atoms with Crippen molar-refractivity contribution in [2.75, 3.05) is 6.54 Å². The lowest BCUT2D eigenvalue weighted by molar-refractivity contribution is -0.274. The number of hydrogen-bond acceptors (Lipinski definition) is 4. The number of benzene rings is 1. The van der Waals surface area contributed by atoms with E-state index in [2.05, 4.69) is 20.4 Å². The molecule has 2 aromatic rings. The number of amides is 2. The largest absolute Gasteiger partial charge is 0.573 e. The van der Waals surface area contributed by atoms with Crippen LogP contribution in [0.4, 0.5) is 13.2 Å². The fourth-order valence-corrected chi connectivity index (χ4v) is 2.40. The van der Waals surface area contributed by atoms with Gasteiger partial charge in [0.15, 0.2) is 0 Å². The Kier molecular flexibility index (Phi) is 4.00. The van der Waals surface area contributed by atoms with Crippen molar-refractivity contribution < 1.29 is 27.5 Å². The smallest absolute Gasteiger partial charge is 0.406 e. The van der Waals surface area contributed by atoms with Gasteiger partial charge in [0.1, 0.15) is 11.8 Å². The summed E-state index contributed by atoms with van der Waals surface area (Å²) in [6.45, 7) is 0.502. The molecule has 0 unspecified atom stereocenters. The first-order valence-electron chi connectivity index (χ1n) is 7.06. The molecule has 1 aliphatic rings. The van der Waals surface area contributed by atoms with Crippen LogP contribution in [0.15, 0.2) is 30.5 Å². The first-order valence-corrected chi connectivity index (χ1v) is 7.06. The Morgan fingerprint density at radius 3 is 2.79 bits per heavy atom. The van der Waals surface area contributed by atoms with Crippen LogP contribution >= 0.6 is 0 Å². The predicted molar refractivity (Wildman–Crippen MR) is 77.3 cm³/mol. The molecule has 2 heterocycles. The standard InChI is InChI=1S/C15H12F3N3O3/c16-15(17,18)24-10-2-1-8-5-9(7-20-12(8)6-10)13(22)21-11-3-4-19-14(11)23/h1-2,5-7,11H,3-4H2,(H,19,23)(H,21,22)/t11-/m0/s1. The topological polar surface area (TPSA) is 80.3 Å². The quantitative estimate of drug-likeness (QED) is 0.893. The summed E-state index contributed by atoms with van der Waals surface area (Å²) in [5.41, 5.74) is 0.471. The third kappa shape index (κ3) is 3.55. The number of carbonyl (C=O) groups is 2. The number of aromatic nitrogens is 1. The van der Waals surface area contributed by atoms with Gasteiger partial charge in [0.05, 0.1) is 11.1 Å². The summed E-state index contributed by atoms with van der Waals surface area (Å²) in [6.07, 6.45) is -3.04. The highest BCUT2D eigenvalue weighted by molar-refractivity contribution is 6.00. The van der Waals surface area contributed by atoms with Gasteiger partial charge in [-0.2, -0.15) is 0 Å². The fraction of sp³-hybridized carbons (Fsp3) is 0.267. The lowest BCUT2D eigenvalue weighted by Gasteiger charge is -2.11. The summed E-state index contributed by atoms with van der Waals surface area (Å²) in [6, 6.07) is 4.55. The fourth-order valence-electron chi connectivity index (χ4n) is 2.40.